The number of nitrogens with one attached hydrogen (secondary N) is 2. The number of hydrogen-bond donors (Lipinski definition) is 2. The normalized spacial score (nSPS) is 18.2. The Morgan fingerprint density at radius 3 is 2.83 bits per heavy atom. The monoisotopic (exact) mass is 502 g/mol. The van der Waals surface area contributed by atoms with Gasteiger partial charge in [-0.25, -0.2) is 23.0 Å². The highest BCUT2D eigenvalue weighted by Crippen LogP contribution is 2.33. The summed E-state index contributed by atoms with van der Waals surface area (Å²) in [7, 11) is 1.64. The number of aromatic nitrogens is 7. The van der Waals surface area contributed by atoms with Crippen LogP contribution < -0.4 is 10.6 Å². The molecule has 36 heavy (non-hydrogen) atoms. The highest BCUT2D eigenvalue weighted by atomic mass is 19.1. The number of halogens is 3. The van der Waals surface area contributed by atoms with Crippen LogP contribution in [0.25, 0.3) is 27.9 Å². The molecule has 1 saturated heterocycles. The van der Waals surface area contributed by atoms with Crippen LogP contribution in [0.5, 0.6) is 0 Å². The molecule has 2 N–H and O–H groups in total. The third-order valence-electron chi connectivity index (χ3n) is 6.24. The van der Waals surface area contributed by atoms with Crippen LogP contribution >= 0.6 is 0 Å². The summed E-state index contributed by atoms with van der Waals surface area (Å²) in [6.07, 6.45) is 0.545. The van der Waals surface area contributed by atoms with Crippen LogP contribution in [0.15, 0.2) is 18.3 Å². The van der Waals surface area contributed by atoms with E-state index in [1.165, 1.54) is 27.2 Å². The lowest BCUT2D eigenvalue weighted by atomic mass is 10.0. The summed E-state index contributed by atoms with van der Waals surface area (Å²) in [5.41, 5.74) is 1.75. The number of piperidine rings is 1. The molecule has 0 aromatic carbocycles. The fraction of sp³-hybridized carbons (Fsp3) is 0.455. The summed E-state index contributed by atoms with van der Waals surface area (Å²) in [4.78, 5) is 22.0. The molecule has 0 spiro atoms. The number of carbonyl (C=O) groups excluding carboxylic acids is 1. The zero-order valence-electron chi connectivity index (χ0n) is 19.7. The molecule has 4 aromatic rings. The highest BCUT2D eigenvalue weighted by Gasteiger charge is 2.31. The third-order valence-corrected chi connectivity index (χ3v) is 6.24. The molecular formula is C22H25F3N10O. The molecule has 5 heterocycles. The Hall–Kier alpha value is -3.97. The van der Waals surface area contributed by atoms with Gasteiger partial charge < -0.3 is 15.5 Å². The summed E-state index contributed by atoms with van der Waals surface area (Å²) in [5.74, 6) is -0.316. The predicted molar refractivity (Wildman–Crippen MR) is 127 cm³/mol. The van der Waals surface area contributed by atoms with Crippen molar-refractivity contribution in [3.05, 3.63) is 24.1 Å². The molecule has 1 aliphatic rings. The van der Waals surface area contributed by atoms with Crippen LogP contribution in [0.2, 0.25) is 0 Å². The maximum atomic E-state index is 15.2. The maximum Gasteiger partial charge on any atom is 0.243 e. The number of fused-ring (bicyclic) bond motifs is 2. The third kappa shape index (κ3) is 4.27. The van der Waals surface area contributed by atoms with E-state index in [0.717, 1.165) is 0 Å². The largest absolute Gasteiger partial charge is 0.371 e. The first-order valence-corrected chi connectivity index (χ1v) is 11.6. The quantitative estimate of drug-likeness (QED) is 0.396. The van der Waals surface area contributed by atoms with Gasteiger partial charge >= 0.3 is 0 Å². The van der Waals surface area contributed by atoms with E-state index in [2.05, 4.69) is 36.0 Å². The summed E-state index contributed by atoms with van der Waals surface area (Å²) in [6, 6.07) is 2.70. The molecule has 0 bridgehead atoms. The number of anilines is 2. The minimum Gasteiger partial charge on any atom is -0.371 e. The van der Waals surface area contributed by atoms with Gasteiger partial charge in [-0.2, -0.15) is 4.98 Å². The van der Waals surface area contributed by atoms with Gasteiger partial charge in [-0.1, -0.05) is 5.21 Å². The number of alkyl halides is 2. The number of amides is 1. The number of rotatable bonds is 7. The molecule has 1 aliphatic heterocycles. The average molecular weight is 503 g/mol. The molecule has 0 unspecified atom stereocenters. The van der Waals surface area contributed by atoms with E-state index >= 15 is 4.39 Å². The summed E-state index contributed by atoms with van der Waals surface area (Å²) >= 11 is 0. The van der Waals surface area contributed by atoms with Crippen molar-refractivity contribution in [2.75, 3.05) is 37.4 Å². The molecular weight excluding hydrogens is 477 g/mol. The minimum absolute atomic E-state index is 0.0126. The van der Waals surface area contributed by atoms with Crippen LogP contribution in [0.1, 0.15) is 19.8 Å². The smallest absolute Gasteiger partial charge is 0.243 e. The first-order chi connectivity index (χ1) is 17.4. The summed E-state index contributed by atoms with van der Waals surface area (Å²) < 4.78 is 45.4. The topological polar surface area (TPSA) is 118 Å². The second kappa shape index (κ2) is 9.59. The van der Waals surface area contributed by atoms with Gasteiger partial charge in [-0.3, -0.25) is 9.18 Å². The van der Waals surface area contributed by atoms with Gasteiger partial charge in [-0.05, 0) is 25.0 Å². The number of likely N-dealkylation sites (tertiary alicyclic amines) is 1. The first-order valence-electron chi connectivity index (χ1n) is 11.6. The molecule has 0 saturated carbocycles. The Morgan fingerprint density at radius 1 is 1.28 bits per heavy atom. The molecule has 14 heteroatoms. The first kappa shape index (κ1) is 23.8. The average Bonchev–Trinajstić information content (AvgIpc) is 3.42. The molecule has 1 fully saturated rings. The molecule has 4 aromatic heterocycles. The van der Waals surface area contributed by atoms with Crippen molar-refractivity contribution >= 4 is 34.4 Å². The van der Waals surface area contributed by atoms with E-state index in [1.807, 2.05) is 0 Å². The number of pyridine rings is 1. The lowest BCUT2D eigenvalue weighted by Crippen LogP contribution is -2.49. The molecule has 190 valence electrons. The van der Waals surface area contributed by atoms with Crippen molar-refractivity contribution in [3.63, 3.8) is 0 Å². The molecule has 1 amide bonds. The molecule has 2 atom stereocenters. The van der Waals surface area contributed by atoms with E-state index in [9.17, 15) is 13.6 Å². The fourth-order valence-corrected chi connectivity index (χ4v) is 4.40. The van der Waals surface area contributed by atoms with Gasteiger partial charge in [0.1, 0.15) is 17.2 Å². The van der Waals surface area contributed by atoms with Crippen LogP contribution in [-0.2, 0) is 11.3 Å². The maximum absolute atomic E-state index is 15.2. The Morgan fingerprint density at radius 2 is 2.11 bits per heavy atom. The minimum atomic E-state index is -1.30. The standard InChI is InChI=1S/C22H25F3N10O/c1-12(36)33-9-6-15(13(24)10-33)28-22-29-20(26-2)19-18(14(25)11-35(19)31-22)16-4-5-17-21(27-16)34(32-30-17)8-3-7-23/h4-5,11,13,15H,3,6-10H2,1-2H3,(H2,26,28,29,31)/t13-,15+/m1/s1. The zero-order valence-corrected chi connectivity index (χ0v) is 19.7. The molecule has 5 rings (SSSR count). The van der Waals surface area contributed by atoms with Crippen molar-refractivity contribution in [1.82, 2.24) is 39.5 Å². The van der Waals surface area contributed by atoms with Crippen molar-refractivity contribution in [1.29, 1.82) is 0 Å². The lowest BCUT2D eigenvalue weighted by molar-refractivity contribution is -0.131. The van der Waals surface area contributed by atoms with E-state index < -0.39 is 24.7 Å². The van der Waals surface area contributed by atoms with Crippen molar-refractivity contribution in [2.24, 2.45) is 0 Å². The Balaban J connectivity index is 1.50. The predicted octanol–water partition coefficient (Wildman–Crippen LogP) is 2.45. The Labute approximate surface area is 203 Å². The van der Waals surface area contributed by atoms with Crippen molar-refractivity contribution < 1.29 is 18.0 Å². The van der Waals surface area contributed by atoms with E-state index in [4.69, 9.17) is 0 Å². The van der Waals surface area contributed by atoms with Crippen molar-refractivity contribution in [2.45, 2.75) is 38.5 Å². The van der Waals surface area contributed by atoms with Crippen LogP contribution in [0.4, 0.5) is 24.9 Å². The molecule has 0 aliphatic carbocycles. The summed E-state index contributed by atoms with van der Waals surface area (Å²) in [6.45, 7) is 1.61. The van der Waals surface area contributed by atoms with Gasteiger partial charge in [0.15, 0.2) is 17.3 Å². The fourth-order valence-electron chi connectivity index (χ4n) is 4.40. The van der Waals surface area contributed by atoms with Gasteiger partial charge in [-0.15, -0.1) is 10.2 Å². The summed E-state index contributed by atoms with van der Waals surface area (Å²) in [5, 5.41) is 18.3. The van der Waals surface area contributed by atoms with Gasteiger partial charge in [0.2, 0.25) is 11.9 Å². The van der Waals surface area contributed by atoms with Gasteiger partial charge in [0.05, 0.1) is 36.7 Å². The van der Waals surface area contributed by atoms with Gasteiger partial charge in [0.25, 0.3) is 0 Å². The zero-order chi connectivity index (χ0) is 25.4. The second-order valence-corrected chi connectivity index (χ2v) is 8.59. The highest BCUT2D eigenvalue weighted by molar-refractivity contribution is 5.89. The second-order valence-electron chi connectivity index (χ2n) is 8.59. The van der Waals surface area contributed by atoms with Crippen molar-refractivity contribution in [3.8, 4) is 11.3 Å². The van der Waals surface area contributed by atoms with Crippen LogP contribution in [0.3, 0.4) is 0 Å². The van der Waals surface area contributed by atoms with Gasteiger partial charge in [0, 0.05) is 27.1 Å². The van der Waals surface area contributed by atoms with E-state index in [-0.39, 0.29) is 30.4 Å². The number of nitrogens with zero attached hydrogens (tertiary/aromatic N) is 8. The van der Waals surface area contributed by atoms with E-state index in [0.29, 0.717) is 47.7 Å². The van der Waals surface area contributed by atoms with Crippen LogP contribution in [-0.4, -0.2) is 84.4 Å². The SMILES string of the molecule is CNc1nc(N[C@H]2CCN(C(C)=O)C[C@H]2F)nn2cc(F)c(-c3ccc4nnn(CCCF)c4n3)c12. The number of aryl methyl sites for hydroxylation is 1. The molecule has 11 nitrogen and oxygen atoms in total. The Kier molecular flexibility index (Phi) is 6.33. The molecule has 0 radical (unpaired) electrons. The lowest BCUT2D eigenvalue weighted by Gasteiger charge is -2.34. The Bertz CT molecular complexity index is 1420. The van der Waals surface area contributed by atoms with Crippen LogP contribution in [0, 0.1) is 5.82 Å². The van der Waals surface area contributed by atoms with E-state index in [1.54, 1.807) is 19.2 Å². The number of hydrogen-bond acceptors (Lipinski definition) is 8. The number of carbonyl (C=O) groups is 1.